The average molecular weight is 413 g/mol. The van der Waals surface area contributed by atoms with Gasteiger partial charge >= 0.3 is 0 Å². The molecule has 28 heavy (non-hydrogen) atoms. The molecule has 3 aromatic rings. The van der Waals surface area contributed by atoms with Crippen molar-refractivity contribution in [3.05, 3.63) is 64.1 Å². The van der Waals surface area contributed by atoms with Gasteiger partial charge in [0.15, 0.2) is 5.16 Å². The summed E-state index contributed by atoms with van der Waals surface area (Å²) in [6, 6.07) is 14.3. The maximum atomic E-state index is 12.2. The summed E-state index contributed by atoms with van der Waals surface area (Å²) < 4.78 is 2.28. The maximum absolute atomic E-state index is 12.2. The van der Waals surface area contributed by atoms with Crippen LogP contribution >= 0.6 is 23.1 Å². The zero-order valence-electron chi connectivity index (χ0n) is 15.7. The van der Waals surface area contributed by atoms with Crippen LogP contribution in [-0.4, -0.2) is 20.7 Å². The van der Waals surface area contributed by atoms with E-state index in [0.717, 1.165) is 35.8 Å². The van der Waals surface area contributed by atoms with E-state index in [0.29, 0.717) is 6.04 Å². The molecule has 1 unspecified atom stereocenters. The van der Waals surface area contributed by atoms with Gasteiger partial charge < -0.3 is 10.3 Å². The predicted octanol–water partition coefficient (Wildman–Crippen LogP) is 4.75. The molecule has 0 saturated heterocycles. The first-order valence-corrected chi connectivity index (χ1v) is 11.5. The number of amides is 1. The minimum Gasteiger partial charge on any atom is -0.368 e. The number of nitrogens with two attached hydrogens (primary N) is 1. The highest BCUT2D eigenvalue weighted by atomic mass is 32.2. The number of benzene rings is 1. The third-order valence-electron chi connectivity index (χ3n) is 5.17. The van der Waals surface area contributed by atoms with Gasteiger partial charge in [-0.05, 0) is 29.9 Å². The molecule has 1 fully saturated rings. The zero-order valence-corrected chi connectivity index (χ0v) is 17.3. The summed E-state index contributed by atoms with van der Waals surface area (Å²) in [7, 11) is 0. The van der Waals surface area contributed by atoms with Crippen molar-refractivity contribution in [2.75, 3.05) is 0 Å². The smallest absolute Gasteiger partial charge is 0.235 e. The molecule has 4 rings (SSSR count). The molecule has 2 N–H and O–H groups in total. The predicted molar refractivity (Wildman–Crippen MR) is 114 cm³/mol. The quantitative estimate of drug-likeness (QED) is 0.568. The van der Waals surface area contributed by atoms with Gasteiger partial charge in [0.05, 0.1) is 0 Å². The third-order valence-corrected chi connectivity index (χ3v) is 7.28. The monoisotopic (exact) mass is 412 g/mol. The van der Waals surface area contributed by atoms with Gasteiger partial charge in [-0.15, -0.1) is 21.5 Å². The van der Waals surface area contributed by atoms with E-state index in [1.54, 1.807) is 11.3 Å². The Balaban J connectivity index is 1.67. The summed E-state index contributed by atoms with van der Waals surface area (Å²) in [6.07, 6.45) is 6.78. The van der Waals surface area contributed by atoms with Gasteiger partial charge in [-0.1, -0.05) is 67.4 Å². The van der Waals surface area contributed by atoms with Gasteiger partial charge in [-0.2, -0.15) is 0 Å². The Morgan fingerprint density at radius 3 is 2.61 bits per heavy atom. The summed E-state index contributed by atoms with van der Waals surface area (Å²) in [5.41, 5.74) is 6.65. The first kappa shape index (κ1) is 19.2. The summed E-state index contributed by atoms with van der Waals surface area (Å²) in [5, 5.41) is 11.4. The second kappa shape index (κ2) is 8.92. The molecule has 0 bridgehead atoms. The Labute approximate surface area is 173 Å². The minimum absolute atomic E-state index is 0.353. The van der Waals surface area contributed by atoms with Crippen molar-refractivity contribution in [2.24, 2.45) is 5.73 Å². The molecule has 2 heterocycles. The van der Waals surface area contributed by atoms with Crippen molar-refractivity contribution < 1.29 is 4.79 Å². The van der Waals surface area contributed by atoms with Crippen LogP contribution in [0.3, 0.4) is 0 Å². The summed E-state index contributed by atoms with van der Waals surface area (Å²) in [6.45, 7) is 0. The second-order valence-electron chi connectivity index (χ2n) is 7.13. The Bertz CT molecular complexity index is 902. The van der Waals surface area contributed by atoms with Crippen LogP contribution in [0.25, 0.3) is 0 Å². The first-order chi connectivity index (χ1) is 13.7. The molecule has 146 valence electrons. The zero-order chi connectivity index (χ0) is 19.3. The van der Waals surface area contributed by atoms with Crippen LogP contribution in [0, 0.1) is 0 Å². The number of rotatable bonds is 7. The fraction of sp³-hybridized carbons (Fsp3) is 0.381. The largest absolute Gasteiger partial charge is 0.368 e. The number of hydrogen-bond acceptors (Lipinski definition) is 5. The lowest BCUT2D eigenvalue weighted by Crippen LogP contribution is -2.21. The lowest BCUT2D eigenvalue weighted by atomic mass is 9.95. The SMILES string of the molecule is NC(=O)C(Sc1nnc(Cc2cccs2)n1C1CCCCC1)c1ccccc1. The number of hydrogen-bond donors (Lipinski definition) is 1. The normalized spacial score (nSPS) is 16.1. The number of carbonyl (C=O) groups excluding carboxylic acids is 1. The summed E-state index contributed by atoms with van der Waals surface area (Å²) in [5.74, 6) is 0.627. The molecule has 5 nitrogen and oxygen atoms in total. The number of nitrogens with zero attached hydrogens (tertiary/aromatic N) is 3. The van der Waals surface area contributed by atoms with E-state index < -0.39 is 5.25 Å². The summed E-state index contributed by atoms with van der Waals surface area (Å²) >= 11 is 3.16. The van der Waals surface area contributed by atoms with Crippen LogP contribution in [0.1, 0.15) is 59.7 Å². The van der Waals surface area contributed by atoms with Crippen LogP contribution in [0.15, 0.2) is 53.0 Å². The Kier molecular flexibility index (Phi) is 6.12. The van der Waals surface area contributed by atoms with Crippen LogP contribution in [0.2, 0.25) is 0 Å². The molecular weight excluding hydrogens is 388 g/mol. The van der Waals surface area contributed by atoms with E-state index in [2.05, 4.69) is 32.3 Å². The molecule has 2 aromatic heterocycles. The van der Waals surface area contributed by atoms with Gasteiger partial charge in [-0.3, -0.25) is 4.79 Å². The topological polar surface area (TPSA) is 73.8 Å². The third kappa shape index (κ3) is 4.31. The van der Waals surface area contributed by atoms with Crippen molar-refractivity contribution >= 4 is 29.0 Å². The van der Waals surface area contributed by atoms with E-state index in [4.69, 9.17) is 5.73 Å². The lowest BCUT2D eigenvalue weighted by Gasteiger charge is -2.26. The standard InChI is InChI=1S/C21H24N4OS2/c22-20(26)19(15-8-3-1-4-9-15)28-21-24-23-18(14-17-12-7-13-27-17)25(21)16-10-5-2-6-11-16/h1,3-4,7-9,12-13,16,19H,2,5-6,10-11,14H2,(H2,22,26). The van der Waals surface area contributed by atoms with E-state index in [-0.39, 0.29) is 5.91 Å². The first-order valence-electron chi connectivity index (χ1n) is 9.69. The highest BCUT2D eigenvalue weighted by molar-refractivity contribution is 8.00. The van der Waals surface area contributed by atoms with E-state index in [9.17, 15) is 4.79 Å². The van der Waals surface area contributed by atoms with Crippen molar-refractivity contribution in [2.45, 2.75) is 55.0 Å². The molecular formula is C21H24N4OS2. The second-order valence-corrected chi connectivity index (χ2v) is 9.23. The summed E-state index contributed by atoms with van der Waals surface area (Å²) in [4.78, 5) is 13.5. The van der Waals surface area contributed by atoms with Gasteiger partial charge in [0.1, 0.15) is 11.1 Å². The molecule has 1 atom stereocenters. The highest BCUT2D eigenvalue weighted by Gasteiger charge is 2.27. The Morgan fingerprint density at radius 2 is 1.93 bits per heavy atom. The lowest BCUT2D eigenvalue weighted by molar-refractivity contribution is -0.117. The van der Waals surface area contributed by atoms with Crippen LogP contribution in [0.4, 0.5) is 0 Å². The van der Waals surface area contributed by atoms with E-state index >= 15 is 0 Å². The molecule has 1 saturated carbocycles. The highest BCUT2D eigenvalue weighted by Crippen LogP contribution is 2.39. The molecule has 1 aromatic carbocycles. The number of thiophene rings is 1. The number of primary amides is 1. The van der Waals surface area contributed by atoms with Gasteiger partial charge in [0.25, 0.3) is 0 Å². The fourth-order valence-electron chi connectivity index (χ4n) is 3.81. The van der Waals surface area contributed by atoms with Gasteiger partial charge in [0.2, 0.25) is 5.91 Å². The number of thioether (sulfide) groups is 1. The van der Waals surface area contributed by atoms with Crippen LogP contribution in [-0.2, 0) is 11.2 Å². The molecule has 0 spiro atoms. The fourth-order valence-corrected chi connectivity index (χ4v) is 5.58. The molecule has 7 heteroatoms. The average Bonchev–Trinajstić information content (AvgIpc) is 3.37. The minimum atomic E-state index is -0.470. The van der Waals surface area contributed by atoms with Crippen molar-refractivity contribution in [1.82, 2.24) is 14.8 Å². The molecule has 1 amide bonds. The van der Waals surface area contributed by atoms with Crippen molar-refractivity contribution in [3.63, 3.8) is 0 Å². The Hall–Kier alpha value is -2.12. The molecule has 0 radical (unpaired) electrons. The van der Waals surface area contributed by atoms with Crippen LogP contribution < -0.4 is 5.73 Å². The van der Waals surface area contributed by atoms with Gasteiger partial charge in [-0.25, -0.2) is 0 Å². The molecule has 1 aliphatic rings. The van der Waals surface area contributed by atoms with E-state index in [1.165, 1.54) is 35.9 Å². The van der Waals surface area contributed by atoms with Crippen molar-refractivity contribution in [3.8, 4) is 0 Å². The van der Waals surface area contributed by atoms with Crippen LogP contribution in [0.5, 0.6) is 0 Å². The number of aromatic nitrogens is 3. The van der Waals surface area contributed by atoms with E-state index in [1.807, 2.05) is 30.3 Å². The molecule has 1 aliphatic carbocycles. The maximum Gasteiger partial charge on any atom is 0.235 e. The van der Waals surface area contributed by atoms with Gasteiger partial charge in [0, 0.05) is 17.3 Å². The molecule has 0 aliphatic heterocycles. The Morgan fingerprint density at radius 1 is 1.14 bits per heavy atom. The van der Waals surface area contributed by atoms with Crippen molar-refractivity contribution in [1.29, 1.82) is 0 Å². The number of carbonyl (C=O) groups is 1.